The molecule has 0 bridgehead atoms. The average molecular weight is 567 g/mol. The maximum Gasteiger partial charge on any atom is 0.407 e. The highest BCUT2D eigenvalue weighted by Crippen LogP contribution is 2.35. The molecule has 41 heavy (non-hydrogen) atoms. The van der Waals surface area contributed by atoms with Gasteiger partial charge in [-0.05, 0) is 81.7 Å². The van der Waals surface area contributed by atoms with Crippen LogP contribution in [0.2, 0.25) is 0 Å². The number of likely N-dealkylation sites (tertiary alicyclic amines) is 1. The van der Waals surface area contributed by atoms with Gasteiger partial charge in [-0.3, -0.25) is 4.79 Å². The van der Waals surface area contributed by atoms with Crippen molar-refractivity contribution in [1.29, 1.82) is 0 Å². The van der Waals surface area contributed by atoms with E-state index in [4.69, 9.17) is 9.47 Å². The Morgan fingerprint density at radius 1 is 0.976 bits per heavy atom. The first kappa shape index (κ1) is 30.4. The van der Waals surface area contributed by atoms with Crippen LogP contribution in [0.25, 0.3) is 0 Å². The van der Waals surface area contributed by atoms with E-state index in [0.717, 1.165) is 31.2 Å². The van der Waals surface area contributed by atoms with Crippen molar-refractivity contribution < 1.29 is 34.1 Å². The zero-order valence-electron chi connectivity index (χ0n) is 24.2. The molecule has 0 aromatic heterocycles. The second-order valence-electron chi connectivity index (χ2n) is 12.2. The molecule has 1 unspecified atom stereocenters. The lowest BCUT2D eigenvalue weighted by Gasteiger charge is -2.32. The Balaban J connectivity index is 1.31. The molecule has 9 nitrogen and oxygen atoms in total. The van der Waals surface area contributed by atoms with Crippen LogP contribution in [0.5, 0.6) is 5.75 Å². The fourth-order valence-corrected chi connectivity index (χ4v) is 5.71. The number of alkyl carbamates (subject to hydrolysis) is 1. The molecule has 2 aliphatic rings. The van der Waals surface area contributed by atoms with Crippen molar-refractivity contribution >= 4 is 18.0 Å². The number of carbonyl (C=O) groups excluding carboxylic acids is 2. The molecule has 2 aromatic carbocycles. The number of hydrogen-bond donors (Lipinski definition) is 3. The first-order valence-electron chi connectivity index (χ1n) is 14.5. The summed E-state index contributed by atoms with van der Waals surface area (Å²) in [5, 5.41) is 23.3. The smallest absolute Gasteiger partial charge is 0.407 e. The molecule has 222 valence electrons. The highest BCUT2D eigenvalue weighted by atomic mass is 16.6. The Morgan fingerprint density at radius 2 is 1.66 bits per heavy atom. The van der Waals surface area contributed by atoms with Gasteiger partial charge in [-0.1, -0.05) is 43.2 Å². The van der Waals surface area contributed by atoms with E-state index in [1.807, 2.05) is 37.8 Å². The molecule has 9 heteroatoms. The average Bonchev–Trinajstić information content (AvgIpc) is 3.50. The number of benzene rings is 2. The van der Waals surface area contributed by atoms with Gasteiger partial charge in [-0.15, -0.1) is 0 Å². The second-order valence-corrected chi connectivity index (χ2v) is 12.2. The molecule has 1 aliphatic carbocycles. The molecule has 2 amide bonds. The van der Waals surface area contributed by atoms with Crippen LogP contribution in [-0.2, 0) is 16.1 Å². The number of nitrogens with zero attached hydrogens (tertiary/aromatic N) is 1. The van der Waals surface area contributed by atoms with Gasteiger partial charge in [-0.25, -0.2) is 9.59 Å². The molecular formula is C32H42N2O7. The third-order valence-electron chi connectivity index (χ3n) is 7.98. The first-order valence-corrected chi connectivity index (χ1v) is 14.5. The van der Waals surface area contributed by atoms with E-state index in [-0.39, 0.29) is 18.4 Å². The summed E-state index contributed by atoms with van der Waals surface area (Å²) >= 11 is 0. The summed E-state index contributed by atoms with van der Waals surface area (Å²) in [5.41, 5.74) is 0.153. The lowest BCUT2D eigenvalue weighted by atomic mass is 9.86. The van der Waals surface area contributed by atoms with E-state index in [0.29, 0.717) is 49.7 Å². The monoisotopic (exact) mass is 566 g/mol. The topological polar surface area (TPSA) is 125 Å². The number of hydrogen-bond acceptors (Lipinski definition) is 6. The quantitative estimate of drug-likeness (QED) is 0.385. The number of aliphatic hydroxyl groups is 1. The van der Waals surface area contributed by atoms with Crippen molar-refractivity contribution in [3.63, 3.8) is 0 Å². The number of carbonyl (C=O) groups is 3. The molecular weight excluding hydrogens is 524 g/mol. The van der Waals surface area contributed by atoms with Crippen LogP contribution in [0.4, 0.5) is 4.79 Å². The second kappa shape index (κ2) is 12.9. The summed E-state index contributed by atoms with van der Waals surface area (Å²) in [6.45, 7) is 6.72. The van der Waals surface area contributed by atoms with E-state index < -0.39 is 23.3 Å². The number of piperidine rings is 1. The predicted octanol–water partition coefficient (Wildman–Crippen LogP) is 5.12. The fraction of sp³-hybridized carbons (Fsp3) is 0.531. The first-order chi connectivity index (χ1) is 19.4. The zero-order chi connectivity index (χ0) is 29.6. The number of amides is 2. The summed E-state index contributed by atoms with van der Waals surface area (Å²) in [7, 11) is 0. The van der Waals surface area contributed by atoms with Crippen LogP contribution in [0, 0.1) is 5.92 Å². The van der Waals surface area contributed by atoms with Crippen LogP contribution in [0.1, 0.15) is 86.7 Å². The van der Waals surface area contributed by atoms with Crippen LogP contribution in [0.15, 0.2) is 48.5 Å². The van der Waals surface area contributed by atoms with Crippen molar-refractivity contribution in [3.05, 3.63) is 65.2 Å². The van der Waals surface area contributed by atoms with Gasteiger partial charge in [-0.2, -0.15) is 0 Å². The van der Waals surface area contributed by atoms with E-state index in [1.54, 1.807) is 24.3 Å². The molecule has 2 fully saturated rings. The Labute approximate surface area is 241 Å². The summed E-state index contributed by atoms with van der Waals surface area (Å²) in [5.74, 6) is -1.05. The molecule has 4 rings (SSSR count). The SMILES string of the molecule is CC(C)(C)OC(=O)NCc1cccc(C2CCN(C(=O)c3cccc(OCC(O)(C(=O)O)C4CCCC4)c3)CC2)c1. The van der Waals surface area contributed by atoms with Crippen molar-refractivity contribution in [1.82, 2.24) is 10.2 Å². The third-order valence-corrected chi connectivity index (χ3v) is 7.98. The van der Waals surface area contributed by atoms with Crippen molar-refractivity contribution in [2.45, 2.75) is 83.0 Å². The van der Waals surface area contributed by atoms with Crippen molar-refractivity contribution in [2.24, 2.45) is 5.92 Å². The minimum absolute atomic E-state index is 0.103. The van der Waals surface area contributed by atoms with Gasteiger partial charge < -0.3 is 29.9 Å². The Morgan fingerprint density at radius 3 is 2.32 bits per heavy atom. The zero-order valence-corrected chi connectivity index (χ0v) is 24.2. The number of ether oxygens (including phenoxy) is 2. The summed E-state index contributed by atoms with van der Waals surface area (Å²) in [6.07, 6.45) is 4.31. The number of rotatable bonds is 9. The van der Waals surface area contributed by atoms with Gasteiger partial charge in [0.2, 0.25) is 0 Å². The van der Waals surface area contributed by atoms with Crippen LogP contribution >= 0.6 is 0 Å². The van der Waals surface area contributed by atoms with Crippen molar-refractivity contribution in [2.75, 3.05) is 19.7 Å². The minimum Gasteiger partial charge on any atom is -0.490 e. The van der Waals surface area contributed by atoms with Crippen LogP contribution in [-0.4, -0.2) is 64.0 Å². The lowest BCUT2D eigenvalue weighted by Crippen LogP contribution is -2.50. The number of carboxylic acid groups (broad SMARTS) is 1. The number of nitrogens with one attached hydrogen (secondary N) is 1. The van der Waals surface area contributed by atoms with Crippen LogP contribution < -0.4 is 10.1 Å². The van der Waals surface area contributed by atoms with Gasteiger partial charge in [0.1, 0.15) is 18.0 Å². The third kappa shape index (κ3) is 8.00. The predicted molar refractivity (Wildman–Crippen MR) is 154 cm³/mol. The fourth-order valence-electron chi connectivity index (χ4n) is 5.71. The van der Waals surface area contributed by atoms with E-state index in [2.05, 4.69) is 17.4 Å². The van der Waals surface area contributed by atoms with E-state index in [9.17, 15) is 24.6 Å². The molecule has 1 aliphatic heterocycles. The molecule has 1 saturated carbocycles. The van der Waals surface area contributed by atoms with Gasteiger partial charge >= 0.3 is 12.1 Å². The summed E-state index contributed by atoms with van der Waals surface area (Å²) in [6, 6.07) is 14.9. The molecule has 0 radical (unpaired) electrons. The normalized spacial score (nSPS) is 18.0. The Kier molecular flexibility index (Phi) is 9.58. The van der Waals surface area contributed by atoms with Crippen molar-refractivity contribution in [3.8, 4) is 5.75 Å². The summed E-state index contributed by atoms with van der Waals surface area (Å²) in [4.78, 5) is 39.0. The van der Waals surface area contributed by atoms with E-state index >= 15 is 0 Å². The minimum atomic E-state index is -1.94. The molecule has 1 atom stereocenters. The summed E-state index contributed by atoms with van der Waals surface area (Å²) < 4.78 is 11.0. The Hall–Kier alpha value is -3.59. The lowest BCUT2D eigenvalue weighted by molar-refractivity contribution is -0.169. The van der Waals surface area contributed by atoms with Gasteiger partial charge in [0, 0.05) is 31.1 Å². The molecule has 1 heterocycles. The van der Waals surface area contributed by atoms with Gasteiger partial charge in [0.15, 0.2) is 5.60 Å². The number of aliphatic carboxylic acids is 1. The maximum atomic E-state index is 13.3. The van der Waals surface area contributed by atoms with Crippen LogP contribution in [0.3, 0.4) is 0 Å². The number of carboxylic acids is 1. The standard InChI is InChI=1S/C32H42N2O7/c1-31(2,3)41-30(38)33-20-22-8-6-9-24(18-22)23-14-16-34(17-15-23)28(35)25-10-7-13-27(19-25)40-21-32(39,29(36)37)26-11-4-5-12-26/h6-10,13,18-19,23,26,39H,4-5,11-12,14-17,20-21H2,1-3H3,(H,33,38)(H,36,37). The molecule has 1 saturated heterocycles. The largest absolute Gasteiger partial charge is 0.490 e. The highest BCUT2D eigenvalue weighted by Gasteiger charge is 2.46. The van der Waals surface area contributed by atoms with Gasteiger partial charge in [0.05, 0.1) is 0 Å². The highest BCUT2D eigenvalue weighted by molar-refractivity contribution is 5.94. The molecule has 3 N–H and O–H groups in total. The maximum absolute atomic E-state index is 13.3. The van der Waals surface area contributed by atoms with Gasteiger partial charge in [0.25, 0.3) is 5.91 Å². The Bertz CT molecular complexity index is 1230. The molecule has 2 aromatic rings. The molecule has 0 spiro atoms. The van der Waals surface area contributed by atoms with E-state index in [1.165, 1.54) is 5.56 Å².